The molecule has 1 aromatic carbocycles. The molecule has 1 atom stereocenters. The largest absolute Gasteiger partial charge is 0.372 e. The number of carbonyl (C=O) groups excluding carboxylic acids is 1. The van der Waals surface area contributed by atoms with Crippen molar-refractivity contribution in [1.82, 2.24) is 4.90 Å². The van der Waals surface area contributed by atoms with Crippen molar-refractivity contribution in [2.75, 3.05) is 36.4 Å². The molecule has 2 aromatic rings. The molecular weight excluding hydrogens is 354 g/mol. The number of thiophene rings is 1. The lowest BCUT2D eigenvalue weighted by Crippen LogP contribution is -2.32. The fourth-order valence-electron chi connectivity index (χ4n) is 4.29. The van der Waals surface area contributed by atoms with Crippen LogP contribution in [0.15, 0.2) is 41.8 Å². The molecule has 2 aliphatic rings. The molecule has 0 saturated carbocycles. The number of nitrogens with zero attached hydrogens (tertiary/aromatic N) is 2. The summed E-state index contributed by atoms with van der Waals surface area (Å²) in [6, 6.07) is 13.1. The summed E-state index contributed by atoms with van der Waals surface area (Å²) in [5.74, 6) is 0.0842. The van der Waals surface area contributed by atoms with Crippen LogP contribution in [-0.4, -0.2) is 37.0 Å². The van der Waals surface area contributed by atoms with Crippen LogP contribution in [0.3, 0.4) is 0 Å². The van der Waals surface area contributed by atoms with Crippen molar-refractivity contribution in [3.63, 3.8) is 0 Å². The van der Waals surface area contributed by atoms with E-state index in [0.29, 0.717) is 12.6 Å². The molecule has 2 fully saturated rings. The minimum Gasteiger partial charge on any atom is -0.372 e. The van der Waals surface area contributed by atoms with Gasteiger partial charge in [-0.25, -0.2) is 0 Å². The molecule has 1 N–H and O–H groups in total. The molecule has 2 saturated heterocycles. The number of hydrogen-bond acceptors (Lipinski definition) is 4. The van der Waals surface area contributed by atoms with Gasteiger partial charge in [-0.2, -0.15) is 0 Å². The quantitative estimate of drug-likeness (QED) is 0.797. The van der Waals surface area contributed by atoms with Gasteiger partial charge in [-0.05, 0) is 67.9 Å². The number of rotatable bonds is 5. The number of likely N-dealkylation sites (tertiary alicyclic amines) is 1. The minimum absolute atomic E-state index is 0.0842. The first kappa shape index (κ1) is 18.5. The summed E-state index contributed by atoms with van der Waals surface area (Å²) in [7, 11) is 0. The number of benzene rings is 1. The van der Waals surface area contributed by atoms with Crippen LogP contribution in [0.4, 0.5) is 11.4 Å². The van der Waals surface area contributed by atoms with Gasteiger partial charge in [0, 0.05) is 35.4 Å². The fourth-order valence-corrected chi connectivity index (χ4v) is 5.18. The molecule has 0 spiro atoms. The highest BCUT2D eigenvalue weighted by Gasteiger charge is 2.28. The number of anilines is 2. The average Bonchev–Trinajstić information content (AvgIpc) is 3.28. The third-order valence-electron chi connectivity index (χ3n) is 5.70. The first-order valence-electron chi connectivity index (χ1n) is 10.2. The fraction of sp³-hybridized carbons (Fsp3) is 0.500. The zero-order valence-electron chi connectivity index (χ0n) is 15.9. The van der Waals surface area contributed by atoms with E-state index in [1.165, 1.54) is 42.7 Å². The molecule has 2 aliphatic heterocycles. The lowest BCUT2D eigenvalue weighted by atomic mass is 10.2. The zero-order chi connectivity index (χ0) is 18.5. The molecule has 4 rings (SSSR count). The highest BCUT2D eigenvalue weighted by Crippen LogP contribution is 2.34. The molecular formula is C22H29N3OS. The summed E-state index contributed by atoms with van der Waals surface area (Å²) in [5.41, 5.74) is 2.16. The Morgan fingerprint density at radius 3 is 2.48 bits per heavy atom. The Morgan fingerprint density at radius 1 is 1.00 bits per heavy atom. The Kier molecular flexibility index (Phi) is 6.10. The maximum Gasteiger partial charge on any atom is 0.238 e. The molecule has 5 heteroatoms. The van der Waals surface area contributed by atoms with Gasteiger partial charge in [0.2, 0.25) is 5.91 Å². The molecule has 144 valence electrons. The van der Waals surface area contributed by atoms with Crippen LogP contribution in [0.5, 0.6) is 0 Å². The van der Waals surface area contributed by atoms with Crippen LogP contribution in [0, 0.1) is 0 Å². The van der Waals surface area contributed by atoms with Gasteiger partial charge < -0.3 is 10.2 Å². The summed E-state index contributed by atoms with van der Waals surface area (Å²) in [5, 5.41) is 5.20. The van der Waals surface area contributed by atoms with Crippen LogP contribution in [0.25, 0.3) is 0 Å². The van der Waals surface area contributed by atoms with Gasteiger partial charge in [0.25, 0.3) is 0 Å². The van der Waals surface area contributed by atoms with E-state index in [0.717, 1.165) is 31.7 Å². The molecule has 0 aliphatic carbocycles. The monoisotopic (exact) mass is 383 g/mol. The molecule has 0 radical (unpaired) electrons. The number of hydrogen-bond donors (Lipinski definition) is 1. The first-order chi connectivity index (χ1) is 13.3. The second-order valence-electron chi connectivity index (χ2n) is 7.64. The third kappa shape index (κ3) is 4.71. The Morgan fingerprint density at radius 2 is 1.78 bits per heavy atom. The summed E-state index contributed by atoms with van der Waals surface area (Å²) < 4.78 is 0. The maximum absolute atomic E-state index is 12.6. The van der Waals surface area contributed by atoms with E-state index in [1.807, 2.05) is 12.1 Å². The summed E-state index contributed by atoms with van der Waals surface area (Å²) in [4.78, 5) is 18.7. The zero-order valence-corrected chi connectivity index (χ0v) is 16.7. The number of carbonyl (C=O) groups is 1. The number of amides is 1. The Balaban J connectivity index is 1.32. The van der Waals surface area contributed by atoms with Gasteiger partial charge in [0.15, 0.2) is 0 Å². The standard InChI is InChI=1S/C22H29N3OS/c26-22(17-25-15-5-7-20(25)21-8-6-16-27-21)23-18-9-11-19(12-10-18)24-13-3-1-2-4-14-24/h6,8-12,16,20H,1-5,7,13-15,17H2,(H,23,26). The minimum atomic E-state index is 0.0842. The second-order valence-corrected chi connectivity index (χ2v) is 8.62. The van der Waals surface area contributed by atoms with Gasteiger partial charge in [-0.15, -0.1) is 11.3 Å². The summed E-state index contributed by atoms with van der Waals surface area (Å²) in [6.45, 7) is 3.76. The summed E-state index contributed by atoms with van der Waals surface area (Å²) in [6.07, 6.45) is 7.55. The van der Waals surface area contributed by atoms with Crippen LogP contribution >= 0.6 is 11.3 Å². The van der Waals surface area contributed by atoms with Gasteiger partial charge in [-0.1, -0.05) is 18.9 Å². The Bertz CT molecular complexity index is 721. The second kappa shape index (κ2) is 8.89. The van der Waals surface area contributed by atoms with E-state index < -0.39 is 0 Å². The van der Waals surface area contributed by atoms with Crippen molar-refractivity contribution in [1.29, 1.82) is 0 Å². The lowest BCUT2D eigenvalue weighted by molar-refractivity contribution is -0.117. The first-order valence-corrected chi connectivity index (χ1v) is 11.1. The van der Waals surface area contributed by atoms with Crippen molar-refractivity contribution in [3.8, 4) is 0 Å². The molecule has 3 heterocycles. The van der Waals surface area contributed by atoms with E-state index in [4.69, 9.17) is 0 Å². The van der Waals surface area contributed by atoms with Gasteiger partial charge in [0.05, 0.1) is 6.54 Å². The van der Waals surface area contributed by atoms with Crippen LogP contribution in [0.2, 0.25) is 0 Å². The summed E-state index contributed by atoms with van der Waals surface area (Å²) >= 11 is 1.79. The van der Waals surface area contributed by atoms with E-state index in [-0.39, 0.29) is 5.91 Å². The highest BCUT2D eigenvalue weighted by molar-refractivity contribution is 7.10. The normalized spacial score (nSPS) is 21.2. The van der Waals surface area contributed by atoms with Crippen molar-refractivity contribution in [2.24, 2.45) is 0 Å². The molecule has 1 amide bonds. The molecule has 4 nitrogen and oxygen atoms in total. The topological polar surface area (TPSA) is 35.6 Å². The van der Waals surface area contributed by atoms with Gasteiger partial charge in [0.1, 0.15) is 0 Å². The van der Waals surface area contributed by atoms with Gasteiger partial charge in [-0.3, -0.25) is 9.69 Å². The highest BCUT2D eigenvalue weighted by atomic mass is 32.1. The van der Waals surface area contributed by atoms with E-state index in [1.54, 1.807) is 11.3 Å². The molecule has 1 unspecified atom stereocenters. The SMILES string of the molecule is O=C(CN1CCCC1c1cccs1)Nc1ccc(N2CCCCCC2)cc1. The Hall–Kier alpha value is -1.85. The van der Waals surface area contributed by atoms with Crippen molar-refractivity contribution in [3.05, 3.63) is 46.7 Å². The van der Waals surface area contributed by atoms with Crippen molar-refractivity contribution in [2.45, 2.75) is 44.6 Å². The lowest BCUT2D eigenvalue weighted by Gasteiger charge is -2.24. The predicted octanol–water partition coefficient (Wildman–Crippen LogP) is 4.90. The van der Waals surface area contributed by atoms with Crippen LogP contribution in [-0.2, 0) is 4.79 Å². The van der Waals surface area contributed by atoms with E-state index in [2.05, 4.69) is 44.8 Å². The van der Waals surface area contributed by atoms with Crippen LogP contribution < -0.4 is 10.2 Å². The predicted molar refractivity (Wildman–Crippen MR) is 114 cm³/mol. The van der Waals surface area contributed by atoms with Gasteiger partial charge >= 0.3 is 0 Å². The average molecular weight is 384 g/mol. The van der Waals surface area contributed by atoms with E-state index in [9.17, 15) is 4.79 Å². The molecule has 0 bridgehead atoms. The Labute approximate surface area is 166 Å². The van der Waals surface area contributed by atoms with Crippen molar-refractivity contribution < 1.29 is 4.79 Å². The maximum atomic E-state index is 12.6. The molecule has 27 heavy (non-hydrogen) atoms. The van der Waals surface area contributed by atoms with E-state index >= 15 is 0 Å². The van der Waals surface area contributed by atoms with Crippen molar-refractivity contribution >= 4 is 28.6 Å². The number of nitrogens with one attached hydrogen (secondary N) is 1. The third-order valence-corrected chi connectivity index (χ3v) is 6.68. The molecule has 1 aromatic heterocycles. The smallest absolute Gasteiger partial charge is 0.238 e. The van der Waals surface area contributed by atoms with Crippen LogP contribution in [0.1, 0.15) is 49.4 Å².